The minimum absolute atomic E-state index is 0.0273. The Kier molecular flexibility index (Phi) is 5.25. The first-order valence-corrected chi connectivity index (χ1v) is 3.66. The number of carbonyl (C=O) groups is 1. The van der Waals surface area contributed by atoms with E-state index in [4.69, 9.17) is 4.74 Å². The van der Waals surface area contributed by atoms with E-state index >= 15 is 0 Å². The predicted octanol–water partition coefficient (Wildman–Crippen LogP) is 1.49. The maximum absolute atomic E-state index is 10.7. The van der Waals surface area contributed by atoms with Gasteiger partial charge in [-0.2, -0.15) is 0 Å². The summed E-state index contributed by atoms with van der Waals surface area (Å²) < 4.78 is 9.57. The second kappa shape index (κ2) is 5.77. The van der Waals surface area contributed by atoms with Crippen LogP contribution in [0.15, 0.2) is 12.3 Å². The monoisotopic (exact) mass is 158 g/mol. The van der Waals surface area contributed by atoms with Gasteiger partial charge in [-0.1, -0.05) is 13.5 Å². The lowest BCUT2D eigenvalue weighted by Crippen LogP contribution is -2.11. The fourth-order valence-electron chi connectivity index (χ4n) is 0.466. The van der Waals surface area contributed by atoms with Crippen LogP contribution in [0.4, 0.5) is 0 Å². The highest BCUT2D eigenvalue weighted by Crippen LogP contribution is 1.97. The molecule has 0 aliphatic heterocycles. The van der Waals surface area contributed by atoms with Gasteiger partial charge in [0.1, 0.15) is 0 Å². The van der Waals surface area contributed by atoms with Crippen molar-refractivity contribution in [3.63, 3.8) is 0 Å². The molecule has 0 amide bonds. The molecule has 0 bridgehead atoms. The first kappa shape index (κ1) is 10.0. The number of carbonyl (C=O) groups excluding carboxylic acids is 1. The van der Waals surface area contributed by atoms with Crippen LogP contribution in [0.3, 0.4) is 0 Å². The molecular formula is C8H14O3. The molecule has 0 rings (SSSR count). The fraction of sp³-hybridized carbons (Fsp3) is 0.625. The molecule has 0 spiro atoms. The van der Waals surface area contributed by atoms with Crippen molar-refractivity contribution >= 4 is 5.97 Å². The van der Waals surface area contributed by atoms with Gasteiger partial charge in [-0.3, -0.25) is 0 Å². The van der Waals surface area contributed by atoms with Crippen LogP contribution in [-0.4, -0.2) is 19.2 Å². The van der Waals surface area contributed by atoms with Crippen molar-refractivity contribution < 1.29 is 14.3 Å². The van der Waals surface area contributed by atoms with Crippen LogP contribution in [-0.2, 0) is 14.3 Å². The zero-order chi connectivity index (χ0) is 8.69. The molecule has 3 nitrogen and oxygen atoms in total. The lowest BCUT2D eigenvalue weighted by molar-refractivity contribution is -0.147. The molecule has 3 heteroatoms. The minimum Gasteiger partial charge on any atom is -0.487 e. The average molecular weight is 158 g/mol. The van der Waals surface area contributed by atoms with Crippen LogP contribution in [0.5, 0.6) is 0 Å². The molecule has 64 valence electrons. The van der Waals surface area contributed by atoms with Gasteiger partial charge >= 0.3 is 5.97 Å². The Bertz CT molecular complexity index is 140. The Morgan fingerprint density at radius 3 is 2.45 bits per heavy atom. The van der Waals surface area contributed by atoms with E-state index in [-0.39, 0.29) is 12.6 Å². The zero-order valence-electron chi connectivity index (χ0n) is 7.05. The molecule has 0 aliphatic carbocycles. The molecule has 11 heavy (non-hydrogen) atoms. The highest BCUT2D eigenvalue weighted by Gasteiger charge is 2.01. The maximum Gasteiger partial charge on any atom is 0.344 e. The van der Waals surface area contributed by atoms with E-state index < -0.39 is 0 Å². The molecule has 0 saturated heterocycles. The standard InChI is InChI=1S/C8H14O3/c1-4-7(3)11-6-8(9)10-5-2/h3-6H2,1-2H3. The molecule has 0 aromatic heterocycles. The fourth-order valence-corrected chi connectivity index (χ4v) is 0.466. The molecule has 0 aliphatic rings. The molecule has 0 radical (unpaired) electrons. The number of hydrogen-bond acceptors (Lipinski definition) is 3. The Labute approximate surface area is 67.0 Å². The van der Waals surface area contributed by atoms with Crippen molar-refractivity contribution in [1.29, 1.82) is 0 Å². The second-order valence-corrected chi connectivity index (χ2v) is 1.99. The third-order valence-corrected chi connectivity index (χ3v) is 1.09. The normalized spacial score (nSPS) is 8.91. The van der Waals surface area contributed by atoms with Crippen molar-refractivity contribution in [3.05, 3.63) is 12.3 Å². The Hall–Kier alpha value is -0.990. The summed E-state index contributed by atoms with van der Waals surface area (Å²) in [6.45, 7) is 7.60. The number of rotatable bonds is 5. The zero-order valence-corrected chi connectivity index (χ0v) is 7.05. The molecule has 0 N–H and O–H groups in total. The van der Waals surface area contributed by atoms with Gasteiger partial charge in [-0.25, -0.2) is 4.79 Å². The van der Waals surface area contributed by atoms with Crippen molar-refractivity contribution in [2.24, 2.45) is 0 Å². The third-order valence-electron chi connectivity index (χ3n) is 1.09. The molecule has 0 heterocycles. The van der Waals surface area contributed by atoms with Crippen molar-refractivity contribution in [1.82, 2.24) is 0 Å². The first-order valence-electron chi connectivity index (χ1n) is 3.66. The Balaban J connectivity index is 3.38. The van der Waals surface area contributed by atoms with Crippen molar-refractivity contribution in [2.75, 3.05) is 13.2 Å². The molecule has 0 fully saturated rings. The molecule has 0 saturated carbocycles. The van der Waals surface area contributed by atoms with E-state index in [9.17, 15) is 4.79 Å². The van der Waals surface area contributed by atoms with Gasteiger partial charge in [-0.15, -0.1) is 0 Å². The van der Waals surface area contributed by atoms with Gasteiger partial charge in [0.15, 0.2) is 6.61 Å². The maximum atomic E-state index is 10.7. The highest BCUT2D eigenvalue weighted by molar-refractivity contribution is 5.70. The summed E-state index contributed by atoms with van der Waals surface area (Å²) in [5.41, 5.74) is 0. The quantitative estimate of drug-likeness (QED) is 0.449. The Morgan fingerprint density at radius 2 is 2.00 bits per heavy atom. The number of allylic oxidation sites excluding steroid dienone is 1. The molecule has 0 aromatic rings. The van der Waals surface area contributed by atoms with Gasteiger partial charge in [0.2, 0.25) is 0 Å². The molecular weight excluding hydrogens is 144 g/mol. The van der Waals surface area contributed by atoms with Crippen LogP contribution in [0.1, 0.15) is 20.3 Å². The number of esters is 1. The predicted molar refractivity (Wildman–Crippen MR) is 42.0 cm³/mol. The summed E-state index contributed by atoms with van der Waals surface area (Å²) in [6, 6.07) is 0. The largest absolute Gasteiger partial charge is 0.487 e. The highest BCUT2D eigenvalue weighted by atomic mass is 16.6. The SMILES string of the molecule is C=C(CC)OCC(=O)OCC. The minimum atomic E-state index is -0.345. The molecule has 0 unspecified atom stereocenters. The van der Waals surface area contributed by atoms with Gasteiger partial charge in [-0.05, 0) is 6.92 Å². The van der Waals surface area contributed by atoms with Gasteiger partial charge in [0, 0.05) is 6.42 Å². The first-order chi connectivity index (χ1) is 5.20. The van der Waals surface area contributed by atoms with Crippen LogP contribution >= 0.6 is 0 Å². The van der Waals surface area contributed by atoms with E-state index in [2.05, 4.69) is 11.3 Å². The summed E-state index contributed by atoms with van der Waals surface area (Å²) in [7, 11) is 0. The second-order valence-electron chi connectivity index (χ2n) is 1.99. The lowest BCUT2D eigenvalue weighted by Gasteiger charge is -2.05. The van der Waals surface area contributed by atoms with E-state index in [0.29, 0.717) is 12.4 Å². The van der Waals surface area contributed by atoms with E-state index in [1.165, 1.54) is 0 Å². The number of hydrogen-bond donors (Lipinski definition) is 0. The van der Waals surface area contributed by atoms with Crippen LogP contribution < -0.4 is 0 Å². The van der Waals surface area contributed by atoms with Crippen LogP contribution in [0.2, 0.25) is 0 Å². The summed E-state index contributed by atoms with van der Waals surface area (Å²) >= 11 is 0. The van der Waals surface area contributed by atoms with Crippen LogP contribution in [0, 0.1) is 0 Å². The summed E-state index contributed by atoms with van der Waals surface area (Å²) in [5, 5.41) is 0. The van der Waals surface area contributed by atoms with Crippen LogP contribution in [0.25, 0.3) is 0 Å². The lowest BCUT2D eigenvalue weighted by atomic mass is 10.4. The van der Waals surface area contributed by atoms with Crippen molar-refractivity contribution in [3.8, 4) is 0 Å². The third kappa shape index (κ3) is 5.45. The van der Waals surface area contributed by atoms with E-state index in [1.807, 2.05) is 6.92 Å². The van der Waals surface area contributed by atoms with E-state index in [1.54, 1.807) is 6.92 Å². The summed E-state index contributed by atoms with van der Waals surface area (Å²) in [5.74, 6) is 0.264. The topological polar surface area (TPSA) is 35.5 Å². The van der Waals surface area contributed by atoms with Gasteiger partial charge in [0.05, 0.1) is 12.4 Å². The molecule has 0 atom stereocenters. The summed E-state index contributed by atoms with van der Waals surface area (Å²) in [4.78, 5) is 10.7. The number of ether oxygens (including phenoxy) is 2. The smallest absolute Gasteiger partial charge is 0.344 e. The van der Waals surface area contributed by atoms with Gasteiger partial charge in [0.25, 0.3) is 0 Å². The average Bonchev–Trinajstić information content (AvgIpc) is 2.01. The summed E-state index contributed by atoms with van der Waals surface area (Å²) in [6.07, 6.45) is 0.722. The molecule has 0 aromatic carbocycles. The van der Waals surface area contributed by atoms with Gasteiger partial charge < -0.3 is 9.47 Å². The van der Waals surface area contributed by atoms with Crippen molar-refractivity contribution in [2.45, 2.75) is 20.3 Å². The van der Waals surface area contributed by atoms with E-state index in [0.717, 1.165) is 6.42 Å². The Morgan fingerprint density at radius 1 is 1.36 bits per heavy atom.